The van der Waals surface area contributed by atoms with Crippen LogP contribution in [0.15, 0.2) is 51.7 Å². The van der Waals surface area contributed by atoms with Gasteiger partial charge in [-0.05, 0) is 49.2 Å². The molecule has 1 amide bonds. The zero-order valence-electron chi connectivity index (χ0n) is 15.9. The smallest absolute Gasteiger partial charge is 0.290 e. The number of fused-ring (bicyclic) bond motifs is 2. The molecule has 4 rings (SSSR count). The molecule has 1 aliphatic heterocycles. The van der Waals surface area contributed by atoms with Crippen molar-refractivity contribution < 1.29 is 19.1 Å². The Hall–Kier alpha value is -2.83. The van der Waals surface area contributed by atoms with Gasteiger partial charge in [0.05, 0.1) is 23.6 Å². The van der Waals surface area contributed by atoms with Gasteiger partial charge in [0, 0.05) is 18.2 Å². The van der Waals surface area contributed by atoms with E-state index in [1.54, 1.807) is 23.1 Å². The molecule has 0 fully saturated rings. The lowest BCUT2D eigenvalue weighted by molar-refractivity contribution is 0.0716. The standard InChI is InChI=1S/C22H20ClNO5/c1-2-28-15-6-3-5-13(11-15)19-18-20(26)16-12-14(23)7-8-17(16)29-21(18)22(27)24(19)9-4-10-25/h3,5-8,11-12,19,25H,2,4,9-10H2,1H3/t19-/m0/s1. The molecule has 1 atom stereocenters. The normalized spacial score (nSPS) is 15.8. The third-order valence-electron chi connectivity index (χ3n) is 4.97. The Morgan fingerprint density at radius 3 is 2.79 bits per heavy atom. The zero-order chi connectivity index (χ0) is 20.5. The number of hydrogen-bond acceptors (Lipinski definition) is 5. The quantitative estimate of drug-likeness (QED) is 0.665. The molecule has 2 aromatic carbocycles. The molecule has 0 aliphatic carbocycles. The van der Waals surface area contributed by atoms with Crippen molar-refractivity contribution in [3.8, 4) is 5.75 Å². The van der Waals surface area contributed by atoms with E-state index in [2.05, 4.69) is 0 Å². The Morgan fingerprint density at radius 2 is 2.03 bits per heavy atom. The zero-order valence-corrected chi connectivity index (χ0v) is 16.6. The number of amides is 1. The fourth-order valence-corrected chi connectivity index (χ4v) is 3.92. The third kappa shape index (κ3) is 3.39. The highest BCUT2D eigenvalue weighted by atomic mass is 35.5. The van der Waals surface area contributed by atoms with Crippen molar-refractivity contribution in [1.29, 1.82) is 0 Å². The second-order valence-corrected chi connectivity index (χ2v) is 7.23. The molecule has 0 spiro atoms. The van der Waals surface area contributed by atoms with Crippen molar-refractivity contribution in [2.45, 2.75) is 19.4 Å². The first kappa shape index (κ1) is 19.5. The number of carbonyl (C=O) groups is 1. The highest BCUT2D eigenvalue weighted by Crippen LogP contribution is 2.39. The number of aliphatic hydroxyl groups is 1. The van der Waals surface area contributed by atoms with Crippen LogP contribution in [-0.4, -0.2) is 35.7 Å². The highest BCUT2D eigenvalue weighted by molar-refractivity contribution is 6.31. The van der Waals surface area contributed by atoms with Crippen LogP contribution in [0.2, 0.25) is 5.02 Å². The molecular weight excluding hydrogens is 394 g/mol. The number of hydrogen-bond donors (Lipinski definition) is 1. The summed E-state index contributed by atoms with van der Waals surface area (Å²) in [7, 11) is 0. The van der Waals surface area contributed by atoms with Gasteiger partial charge in [-0.25, -0.2) is 0 Å². The number of aliphatic hydroxyl groups excluding tert-OH is 1. The van der Waals surface area contributed by atoms with Crippen molar-refractivity contribution in [3.63, 3.8) is 0 Å². The van der Waals surface area contributed by atoms with E-state index in [0.717, 1.165) is 5.56 Å². The number of carbonyl (C=O) groups excluding carboxylic acids is 1. The lowest BCUT2D eigenvalue weighted by atomic mass is 9.98. The summed E-state index contributed by atoms with van der Waals surface area (Å²) in [5.41, 5.74) is 1.07. The molecule has 7 heteroatoms. The maximum Gasteiger partial charge on any atom is 0.290 e. The van der Waals surface area contributed by atoms with Crippen molar-refractivity contribution >= 4 is 28.5 Å². The number of benzene rings is 2. The van der Waals surface area contributed by atoms with Crippen LogP contribution in [0.1, 0.15) is 41.1 Å². The number of nitrogens with zero attached hydrogens (tertiary/aromatic N) is 1. The minimum atomic E-state index is -0.621. The van der Waals surface area contributed by atoms with E-state index in [1.807, 2.05) is 31.2 Å². The molecule has 0 saturated carbocycles. The predicted molar refractivity (Wildman–Crippen MR) is 110 cm³/mol. The molecule has 3 aromatic rings. The topological polar surface area (TPSA) is 80.0 Å². The lowest BCUT2D eigenvalue weighted by Crippen LogP contribution is -2.31. The highest BCUT2D eigenvalue weighted by Gasteiger charge is 2.42. The van der Waals surface area contributed by atoms with Gasteiger partial charge in [-0.1, -0.05) is 23.7 Å². The molecule has 0 radical (unpaired) electrons. The molecule has 1 aliphatic rings. The summed E-state index contributed by atoms with van der Waals surface area (Å²) >= 11 is 6.07. The van der Waals surface area contributed by atoms with Gasteiger partial charge in [0.15, 0.2) is 5.43 Å². The van der Waals surface area contributed by atoms with E-state index in [-0.39, 0.29) is 29.3 Å². The lowest BCUT2D eigenvalue weighted by Gasteiger charge is -2.25. The van der Waals surface area contributed by atoms with Crippen LogP contribution in [0.3, 0.4) is 0 Å². The van der Waals surface area contributed by atoms with Crippen LogP contribution in [0.4, 0.5) is 0 Å². The van der Waals surface area contributed by atoms with E-state index in [9.17, 15) is 14.7 Å². The average molecular weight is 414 g/mol. The summed E-state index contributed by atoms with van der Waals surface area (Å²) in [5.74, 6) is 0.324. The van der Waals surface area contributed by atoms with E-state index in [4.69, 9.17) is 20.8 Å². The van der Waals surface area contributed by atoms with Crippen molar-refractivity contribution in [2.75, 3.05) is 19.8 Å². The Labute approximate surface area is 172 Å². The summed E-state index contributed by atoms with van der Waals surface area (Å²) in [6, 6.07) is 11.5. The minimum Gasteiger partial charge on any atom is -0.494 e. The van der Waals surface area contributed by atoms with Gasteiger partial charge in [0.25, 0.3) is 5.91 Å². The van der Waals surface area contributed by atoms with E-state index in [0.29, 0.717) is 41.3 Å². The van der Waals surface area contributed by atoms with E-state index >= 15 is 0 Å². The van der Waals surface area contributed by atoms with Crippen molar-refractivity contribution in [3.05, 3.63) is 74.6 Å². The average Bonchev–Trinajstić information content (AvgIpc) is 3.00. The van der Waals surface area contributed by atoms with Crippen LogP contribution < -0.4 is 10.2 Å². The molecular formula is C22H20ClNO5. The van der Waals surface area contributed by atoms with Crippen molar-refractivity contribution in [1.82, 2.24) is 4.90 Å². The maximum absolute atomic E-state index is 13.4. The van der Waals surface area contributed by atoms with Gasteiger partial charge in [-0.15, -0.1) is 0 Å². The second kappa shape index (κ2) is 7.89. The van der Waals surface area contributed by atoms with Gasteiger partial charge >= 0.3 is 0 Å². The Bertz CT molecular complexity index is 1140. The van der Waals surface area contributed by atoms with E-state index < -0.39 is 6.04 Å². The predicted octanol–water partition coefficient (Wildman–Crippen LogP) is 3.77. The third-order valence-corrected chi connectivity index (χ3v) is 5.20. The number of ether oxygens (including phenoxy) is 1. The summed E-state index contributed by atoms with van der Waals surface area (Å²) in [5, 5.41) is 10.0. The fraction of sp³-hybridized carbons (Fsp3) is 0.273. The summed E-state index contributed by atoms with van der Waals surface area (Å²) in [6.45, 7) is 2.62. The first-order valence-electron chi connectivity index (χ1n) is 9.46. The molecule has 1 N–H and O–H groups in total. The monoisotopic (exact) mass is 413 g/mol. The van der Waals surface area contributed by atoms with Gasteiger partial charge in [0.1, 0.15) is 11.3 Å². The van der Waals surface area contributed by atoms with Crippen LogP contribution >= 0.6 is 11.6 Å². The van der Waals surface area contributed by atoms with Gasteiger partial charge in [-0.3, -0.25) is 9.59 Å². The molecule has 0 unspecified atom stereocenters. The Kier molecular flexibility index (Phi) is 5.30. The second-order valence-electron chi connectivity index (χ2n) is 6.80. The summed E-state index contributed by atoms with van der Waals surface area (Å²) in [4.78, 5) is 28.0. The fourth-order valence-electron chi connectivity index (χ4n) is 3.75. The van der Waals surface area contributed by atoms with E-state index in [1.165, 1.54) is 0 Å². The SMILES string of the molecule is CCOc1cccc([C@H]2c3c(oc4ccc(Cl)cc4c3=O)C(=O)N2CCCO)c1. The molecule has 0 bridgehead atoms. The first-order valence-corrected chi connectivity index (χ1v) is 9.83. The summed E-state index contributed by atoms with van der Waals surface area (Å²) < 4.78 is 11.4. The van der Waals surface area contributed by atoms with Crippen LogP contribution in [0, 0.1) is 0 Å². The Balaban J connectivity index is 1.94. The number of halogens is 1. The van der Waals surface area contributed by atoms with Crippen LogP contribution in [0.5, 0.6) is 5.75 Å². The number of rotatable bonds is 6. The molecule has 2 heterocycles. The molecule has 6 nitrogen and oxygen atoms in total. The summed E-state index contributed by atoms with van der Waals surface area (Å²) in [6.07, 6.45) is 0.390. The van der Waals surface area contributed by atoms with Gasteiger partial charge < -0.3 is 19.2 Å². The molecule has 0 saturated heterocycles. The molecule has 29 heavy (non-hydrogen) atoms. The largest absolute Gasteiger partial charge is 0.494 e. The van der Waals surface area contributed by atoms with Gasteiger partial charge in [0.2, 0.25) is 5.76 Å². The molecule has 1 aromatic heterocycles. The van der Waals surface area contributed by atoms with Gasteiger partial charge in [-0.2, -0.15) is 0 Å². The Morgan fingerprint density at radius 1 is 1.21 bits per heavy atom. The minimum absolute atomic E-state index is 0.0366. The first-order chi connectivity index (χ1) is 14.0. The van der Waals surface area contributed by atoms with Crippen LogP contribution in [0.25, 0.3) is 11.0 Å². The molecule has 150 valence electrons. The maximum atomic E-state index is 13.4. The van der Waals surface area contributed by atoms with Crippen LogP contribution in [-0.2, 0) is 0 Å². The van der Waals surface area contributed by atoms with Crippen molar-refractivity contribution in [2.24, 2.45) is 0 Å².